The van der Waals surface area contributed by atoms with E-state index >= 15 is 0 Å². The number of nitrogens with one attached hydrogen (secondary N) is 1. The first-order valence-corrected chi connectivity index (χ1v) is 10.3. The summed E-state index contributed by atoms with van der Waals surface area (Å²) in [7, 11) is 0. The highest BCUT2D eigenvalue weighted by molar-refractivity contribution is 6.30. The normalized spacial score (nSPS) is 30.5. The van der Waals surface area contributed by atoms with Crippen LogP contribution in [-0.4, -0.2) is 48.1 Å². The van der Waals surface area contributed by atoms with Gasteiger partial charge in [0.25, 0.3) is 5.91 Å². The molecular weight excluding hydrogens is 364 g/mol. The third kappa shape index (κ3) is 3.99. The number of likely N-dealkylation sites (tertiary alicyclic amines) is 1. The largest absolute Gasteiger partial charge is 0.362 e. The highest BCUT2D eigenvalue weighted by Crippen LogP contribution is 2.42. The number of ether oxygens (including phenoxy) is 1. The van der Waals surface area contributed by atoms with Crippen LogP contribution >= 0.6 is 11.6 Å². The maximum absolute atomic E-state index is 12.8. The first-order valence-electron chi connectivity index (χ1n) is 9.97. The number of amides is 2. The molecule has 1 N–H and O–H groups in total. The van der Waals surface area contributed by atoms with Crippen molar-refractivity contribution in [2.24, 2.45) is 11.8 Å². The lowest BCUT2D eigenvalue weighted by Crippen LogP contribution is -2.53. The van der Waals surface area contributed by atoms with Crippen LogP contribution in [0.5, 0.6) is 0 Å². The molecule has 3 aliphatic rings. The van der Waals surface area contributed by atoms with E-state index in [-0.39, 0.29) is 29.4 Å². The molecule has 0 bridgehead atoms. The molecule has 4 rings (SSSR count). The predicted octanol–water partition coefficient (Wildman–Crippen LogP) is 3.27. The number of carbonyl (C=O) groups excluding carboxylic acids is 2. The SMILES string of the molecule is CC1CN(C(=O)c2cccc(Cl)c2)CCC12CCC(C(=O)NCC1CC1)O2. The van der Waals surface area contributed by atoms with Crippen LogP contribution in [0.15, 0.2) is 24.3 Å². The molecule has 0 radical (unpaired) electrons. The molecule has 146 valence electrons. The summed E-state index contributed by atoms with van der Waals surface area (Å²) in [5, 5.41) is 3.61. The van der Waals surface area contributed by atoms with E-state index in [1.54, 1.807) is 24.3 Å². The highest BCUT2D eigenvalue weighted by atomic mass is 35.5. The topological polar surface area (TPSA) is 58.6 Å². The van der Waals surface area contributed by atoms with E-state index in [1.807, 2.05) is 4.90 Å². The zero-order valence-corrected chi connectivity index (χ0v) is 16.5. The Balaban J connectivity index is 1.35. The van der Waals surface area contributed by atoms with Crippen LogP contribution in [0.25, 0.3) is 0 Å². The quantitative estimate of drug-likeness (QED) is 0.858. The lowest BCUT2D eigenvalue weighted by Gasteiger charge is -2.44. The van der Waals surface area contributed by atoms with Crippen LogP contribution < -0.4 is 5.32 Å². The summed E-state index contributed by atoms with van der Waals surface area (Å²) in [6.45, 7) is 4.19. The second kappa shape index (κ2) is 7.44. The van der Waals surface area contributed by atoms with Gasteiger partial charge < -0.3 is 15.0 Å². The van der Waals surface area contributed by atoms with Gasteiger partial charge in [0, 0.05) is 36.1 Å². The van der Waals surface area contributed by atoms with Crippen LogP contribution in [-0.2, 0) is 9.53 Å². The molecule has 27 heavy (non-hydrogen) atoms. The molecule has 3 unspecified atom stereocenters. The van der Waals surface area contributed by atoms with Crippen LogP contribution in [0.2, 0.25) is 5.02 Å². The average molecular weight is 391 g/mol. The second-order valence-corrected chi connectivity index (χ2v) is 8.75. The molecule has 1 spiro atoms. The third-order valence-corrected chi connectivity index (χ3v) is 6.55. The molecule has 2 saturated heterocycles. The van der Waals surface area contributed by atoms with Crippen molar-refractivity contribution < 1.29 is 14.3 Å². The smallest absolute Gasteiger partial charge is 0.253 e. The Labute approximate surface area is 165 Å². The Bertz CT molecular complexity index is 736. The Morgan fingerprint density at radius 2 is 2.11 bits per heavy atom. The van der Waals surface area contributed by atoms with Crippen molar-refractivity contribution in [1.29, 1.82) is 0 Å². The van der Waals surface area contributed by atoms with Gasteiger partial charge >= 0.3 is 0 Å². The van der Waals surface area contributed by atoms with Crippen LogP contribution in [0.4, 0.5) is 0 Å². The Morgan fingerprint density at radius 1 is 1.30 bits per heavy atom. The van der Waals surface area contributed by atoms with Crippen molar-refractivity contribution in [3.05, 3.63) is 34.9 Å². The fraction of sp³-hybridized carbons (Fsp3) is 0.619. The number of carbonyl (C=O) groups is 2. The monoisotopic (exact) mass is 390 g/mol. The maximum Gasteiger partial charge on any atom is 0.253 e. The van der Waals surface area contributed by atoms with Gasteiger partial charge in [-0.15, -0.1) is 0 Å². The first kappa shape index (κ1) is 18.8. The molecule has 1 aromatic carbocycles. The van der Waals surface area contributed by atoms with E-state index in [2.05, 4.69) is 12.2 Å². The molecule has 5 nitrogen and oxygen atoms in total. The summed E-state index contributed by atoms with van der Waals surface area (Å²) < 4.78 is 6.30. The van der Waals surface area contributed by atoms with Crippen molar-refractivity contribution in [1.82, 2.24) is 10.2 Å². The molecule has 1 aliphatic carbocycles. The Kier molecular flexibility index (Phi) is 5.17. The van der Waals surface area contributed by atoms with Crippen molar-refractivity contribution in [2.45, 2.75) is 50.7 Å². The number of nitrogens with zero attached hydrogens (tertiary/aromatic N) is 1. The summed E-state index contributed by atoms with van der Waals surface area (Å²) >= 11 is 6.02. The van der Waals surface area contributed by atoms with Gasteiger partial charge in [-0.1, -0.05) is 24.6 Å². The average Bonchev–Trinajstić information content (AvgIpc) is 3.40. The predicted molar refractivity (Wildman–Crippen MR) is 104 cm³/mol. The van der Waals surface area contributed by atoms with Gasteiger partial charge in [0.15, 0.2) is 0 Å². The van der Waals surface area contributed by atoms with E-state index < -0.39 is 0 Å². The number of hydrogen-bond acceptors (Lipinski definition) is 3. The summed E-state index contributed by atoms with van der Waals surface area (Å²) in [6, 6.07) is 7.09. The fourth-order valence-electron chi connectivity index (χ4n) is 4.34. The van der Waals surface area contributed by atoms with Crippen LogP contribution in [0, 0.1) is 11.8 Å². The molecule has 1 aromatic rings. The highest BCUT2D eigenvalue weighted by Gasteiger charge is 2.49. The summed E-state index contributed by atoms with van der Waals surface area (Å²) in [5.41, 5.74) is 0.336. The van der Waals surface area contributed by atoms with Gasteiger partial charge in [0.05, 0.1) is 5.60 Å². The number of benzene rings is 1. The third-order valence-electron chi connectivity index (χ3n) is 6.32. The van der Waals surface area contributed by atoms with E-state index in [0.717, 1.165) is 25.8 Å². The second-order valence-electron chi connectivity index (χ2n) is 8.31. The lowest BCUT2D eigenvalue weighted by molar-refractivity contribution is -0.146. The molecule has 1 saturated carbocycles. The number of piperidine rings is 1. The zero-order valence-electron chi connectivity index (χ0n) is 15.7. The van der Waals surface area contributed by atoms with Crippen LogP contribution in [0.3, 0.4) is 0 Å². The first-order chi connectivity index (χ1) is 13.0. The van der Waals surface area contributed by atoms with Crippen molar-refractivity contribution in [3.8, 4) is 0 Å². The molecule has 2 aliphatic heterocycles. The van der Waals surface area contributed by atoms with E-state index in [0.29, 0.717) is 29.6 Å². The Morgan fingerprint density at radius 3 is 2.81 bits per heavy atom. The standard InChI is InChI=1S/C21H27ClN2O3/c1-14-13-24(20(26)16-3-2-4-17(22)11-16)10-9-21(14)8-7-18(27-21)19(25)23-12-15-5-6-15/h2-4,11,14-15,18H,5-10,12-13H2,1H3,(H,23,25). The van der Waals surface area contributed by atoms with Gasteiger partial charge in [-0.25, -0.2) is 0 Å². The molecular formula is C21H27ClN2O3. The fourth-order valence-corrected chi connectivity index (χ4v) is 4.53. The zero-order chi connectivity index (χ0) is 19.0. The van der Waals surface area contributed by atoms with E-state index in [1.165, 1.54) is 12.8 Å². The molecule has 2 amide bonds. The van der Waals surface area contributed by atoms with Gasteiger partial charge in [-0.2, -0.15) is 0 Å². The van der Waals surface area contributed by atoms with Crippen molar-refractivity contribution >= 4 is 23.4 Å². The lowest BCUT2D eigenvalue weighted by atomic mass is 9.80. The summed E-state index contributed by atoms with van der Waals surface area (Å²) in [4.78, 5) is 27.1. The number of hydrogen-bond donors (Lipinski definition) is 1. The molecule has 3 atom stereocenters. The van der Waals surface area contributed by atoms with Gasteiger partial charge in [0.1, 0.15) is 6.10 Å². The molecule has 6 heteroatoms. The summed E-state index contributed by atoms with van der Waals surface area (Å²) in [5.74, 6) is 0.902. The Hall–Kier alpha value is -1.59. The molecule has 0 aromatic heterocycles. The van der Waals surface area contributed by atoms with Crippen molar-refractivity contribution in [3.63, 3.8) is 0 Å². The van der Waals surface area contributed by atoms with Crippen molar-refractivity contribution in [2.75, 3.05) is 19.6 Å². The number of halogens is 1. The maximum atomic E-state index is 12.8. The van der Waals surface area contributed by atoms with E-state index in [9.17, 15) is 9.59 Å². The minimum Gasteiger partial charge on any atom is -0.362 e. The molecule has 3 fully saturated rings. The van der Waals surface area contributed by atoms with Gasteiger partial charge in [-0.05, 0) is 56.2 Å². The minimum atomic E-state index is -0.346. The minimum absolute atomic E-state index is 0.0101. The van der Waals surface area contributed by atoms with Gasteiger partial charge in [-0.3, -0.25) is 9.59 Å². The van der Waals surface area contributed by atoms with E-state index in [4.69, 9.17) is 16.3 Å². The number of rotatable bonds is 4. The molecule has 2 heterocycles. The van der Waals surface area contributed by atoms with Gasteiger partial charge in [0.2, 0.25) is 5.91 Å². The summed E-state index contributed by atoms with van der Waals surface area (Å²) in [6.07, 6.45) is 4.53. The van der Waals surface area contributed by atoms with Crippen LogP contribution in [0.1, 0.15) is 49.4 Å².